The molecule has 7 N–H and O–H groups in total. The van der Waals surface area contributed by atoms with Gasteiger partial charge >= 0.3 is 0 Å². The predicted octanol–water partition coefficient (Wildman–Crippen LogP) is 7.82. The number of pyridine rings is 2. The molecule has 0 unspecified atom stereocenters. The topological polar surface area (TPSA) is 183 Å². The molecule has 2 heterocycles. The SMILES string of the molecule is COc1cccc(Nc2c(C(N)=O)cnc3c(C)cc(Sc4cccc(C(=O)N(C)c5ccc(C#CCCCNC[C@H](O)c6ccc(O)c7[nH]c(=O)ccc67)cc5)c4)cc23)c1. The second-order valence-electron chi connectivity index (χ2n) is 14.4. The number of carbonyl (C=O) groups is 2. The third-order valence-corrected chi connectivity index (χ3v) is 11.1. The van der Waals surface area contributed by atoms with Crippen molar-refractivity contribution >= 4 is 62.4 Å². The molecule has 1 atom stereocenters. The van der Waals surface area contributed by atoms with Crippen molar-refractivity contribution in [3.63, 3.8) is 0 Å². The maximum absolute atomic E-state index is 13.7. The van der Waals surface area contributed by atoms with Crippen molar-refractivity contribution in [2.45, 2.75) is 35.7 Å². The first-order chi connectivity index (χ1) is 29.5. The van der Waals surface area contributed by atoms with Gasteiger partial charge in [0, 0.05) is 81.4 Å². The Morgan fingerprint density at radius 2 is 1.77 bits per heavy atom. The first kappa shape index (κ1) is 42.0. The molecule has 2 amide bonds. The number of ether oxygens (including phenoxy) is 1. The Labute approximate surface area is 356 Å². The number of benzene rings is 5. The number of hydrogen-bond acceptors (Lipinski definition) is 10. The number of H-pyrrole nitrogens is 1. The zero-order valence-corrected chi connectivity index (χ0v) is 34.6. The number of fused-ring (bicyclic) bond motifs is 2. The molecule has 7 aromatic rings. The normalized spacial score (nSPS) is 11.5. The number of amides is 2. The number of carbonyl (C=O) groups excluding carboxylic acids is 2. The van der Waals surface area contributed by atoms with Crippen molar-refractivity contribution in [3.8, 4) is 23.3 Å². The summed E-state index contributed by atoms with van der Waals surface area (Å²) in [4.78, 5) is 48.5. The number of hydrogen-bond donors (Lipinski definition) is 6. The largest absolute Gasteiger partial charge is 0.506 e. The average molecular weight is 833 g/mol. The highest BCUT2D eigenvalue weighted by atomic mass is 32.2. The van der Waals surface area contributed by atoms with Crippen LogP contribution in [0.4, 0.5) is 17.1 Å². The van der Waals surface area contributed by atoms with Gasteiger partial charge in [0.15, 0.2) is 0 Å². The smallest absolute Gasteiger partial charge is 0.258 e. The van der Waals surface area contributed by atoms with Crippen LogP contribution in [0.3, 0.4) is 0 Å². The zero-order valence-electron chi connectivity index (χ0n) is 33.8. The number of methoxy groups -OCH3 is 1. The van der Waals surface area contributed by atoms with E-state index in [1.165, 1.54) is 30.1 Å². The van der Waals surface area contributed by atoms with Crippen LogP contribution in [0, 0.1) is 18.8 Å². The van der Waals surface area contributed by atoms with Crippen LogP contribution in [0.25, 0.3) is 21.8 Å². The molecule has 0 radical (unpaired) electrons. The molecular formula is C48H44N6O6S. The highest BCUT2D eigenvalue weighted by molar-refractivity contribution is 7.99. The first-order valence-electron chi connectivity index (χ1n) is 19.5. The number of aromatic hydroxyl groups is 1. The first-order valence-corrected chi connectivity index (χ1v) is 20.3. The Bertz CT molecular complexity index is 2890. The number of phenols is 1. The number of nitrogens with zero attached hydrogens (tertiary/aromatic N) is 2. The third kappa shape index (κ3) is 9.86. The second kappa shape index (κ2) is 18.9. The minimum Gasteiger partial charge on any atom is -0.506 e. The van der Waals surface area contributed by atoms with E-state index in [0.29, 0.717) is 53.0 Å². The quantitative estimate of drug-likeness (QED) is 0.0467. The van der Waals surface area contributed by atoms with E-state index in [-0.39, 0.29) is 22.8 Å². The molecule has 13 heteroatoms. The number of phenolic OH excluding ortho intramolecular Hbond substituents is 1. The van der Waals surface area contributed by atoms with Crippen molar-refractivity contribution in [1.29, 1.82) is 0 Å². The highest BCUT2D eigenvalue weighted by Crippen LogP contribution is 2.37. The van der Waals surface area contributed by atoms with Crippen LogP contribution in [0.1, 0.15) is 56.4 Å². The van der Waals surface area contributed by atoms with Gasteiger partial charge in [-0.05, 0) is 110 Å². The number of nitrogens with two attached hydrogens (primary N) is 1. The Morgan fingerprint density at radius 3 is 2.56 bits per heavy atom. The molecule has 308 valence electrons. The minimum absolute atomic E-state index is 0.0476. The summed E-state index contributed by atoms with van der Waals surface area (Å²) in [5.74, 6) is 6.22. The number of aromatic nitrogens is 2. The van der Waals surface area contributed by atoms with Crippen LogP contribution in [-0.2, 0) is 0 Å². The Morgan fingerprint density at radius 1 is 0.967 bits per heavy atom. The van der Waals surface area contributed by atoms with E-state index in [1.54, 1.807) is 37.3 Å². The summed E-state index contributed by atoms with van der Waals surface area (Å²) in [6, 6.07) is 32.5. The van der Waals surface area contributed by atoms with Crippen LogP contribution >= 0.6 is 11.8 Å². The standard InChI is InChI=1S/C48H44N6O6S/c1-29-23-36(26-39-44(29)51-27-40(47(49)58)45(39)52-32-11-8-12-34(25-32)60-3)61-35-13-7-10-31(24-35)48(59)54(2)33-16-14-30(15-17-33)9-5-4-6-22-50-28-42(56)37-18-20-41(55)46-38(37)19-21-43(57)53-46/h7-8,10-21,23-27,42,50,55-56H,4,6,22,28H2,1-3H3,(H2,49,58)(H,51,52)(H,53,57)/t42-/m0/s1. The fourth-order valence-electron chi connectivity index (χ4n) is 6.95. The van der Waals surface area contributed by atoms with E-state index in [1.807, 2.05) is 85.8 Å². The van der Waals surface area contributed by atoms with Gasteiger partial charge in [-0.1, -0.05) is 41.8 Å². The van der Waals surface area contributed by atoms with Gasteiger partial charge in [-0.3, -0.25) is 19.4 Å². The van der Waals surface area contributed by atoms with E-state index in [4.69, 9.17) is 10.5 Å². The lowest BCUT2D eigenvalue weighted by molar-refractivity contribution is 0.0987. The zero-order chi connectivity index (χ0) is 43.0. The number of primary amides is 1. The molecule has 0 aliphatic rings. The number of nitrogens with one attached hydrogen (secondary N) is 3. The van der Waals surface area contributed by atoms with Gasteiger partial charge in [0.1, 0.15) is 11.5 Å². The minimum atomic E-state index is -0.825. The van der Waals surface area contributed by atoms with E-state index in [9.17, 15) is 24.6 Å². The maximum atomic E-state index is 13.7. The summed E-state index contributed by atoms with van der Waals surface area (Å²) >= 11 is 1.50. The van der Waals surface area contributed by atoms with Crippen molar-refractivity contribution in [2.75, 3.05) is 37.5 Å². The van der Waals surface area contributed by atoms with Gasteiger partial charge in [0.25, 0.3) is 11.8 Å². The summed E-state index contributed by atoms with van der Waals surface area (Å²) in [6.45, 7) is 2.91. The van der Waals surface area contributed by atoms with Gasteiger partial charge in [-0.25, -0.2) is 0 Å². The average Bonchev–Trinajstić information content (AvgIpc) is 3.26. The maximum Gasteiger partial charge on any atom is 0.258 e. The lowest BCUT2D eigenvalue weighted by atomic mass is 10.0. The van der Waals surface area contributed by atoms with Crippen molar-refractivity contribution in [3.05, 3.63) is 154 Å². The molecule has 0 aliphatic carbocycles. The van der Waals surface area contributed by atoms with Crippen molar-refractivity contribution < 1.29 is 24.5 Å². The number of anilines is 3. The highest BCUT2D eigenvalue weighted by Gasteiger charge is 2.19. The lowest BCUT2D eigenvalue weighted by Crippen LogP contribution is -2.26. The third-order valence-electron chi connectivity index (χ3n) is 10.1. The van der Waals surface area contributed by atoms with Crippen LogP contribution in [0.15, 0.2) is 130 Å². The summed E-state index contributed by atoms with van der Waals surface area (Å²) < 4.78 is 5.39. The molecule has 0 aliphatic heterocycles. The Kier molecular flexibility index (Phi) is 13.0. The number of aliphatic hydroxyl groups excluding tert-OH is 1. The fourth-order valence-corrected chi connectivity index (χ4v) is 7.96. The number of rotatable bonds is 14. The molecule has 0 bridgehead atoms. The lowest BCUT2D eigenvalue weighted by Gasteiger charge is -2.18. The molecule has 0 saturated carbocycles. The van der Waals surface area contributed by atoms with Crippen LogP contribution in [0.2, 0.25) is 0 Å². The number of aryl methyl sites for hydroxylation is 1. The van der Waals surface area contributed by atoms with E-state index >= 15 is 0 Å². The predicted molar refractivity (Wildman–Crippen MR) is 241 cm³/mol. The number of unbranched alkanes of at least 4 members (excludes halogenated alkanes) is 1. The number of aliphatic hydroxyl groups is 1. The molecule has 0 spiro atoms. The molecule has 12 nitrogen and oxygen atoms in total. The van der Waals surface area contributed by atoms with Crippen LogP contribution in [-0.4, -0.2) is 59.2 Å². The van der Waals surface area contributed by atoms with Crippen molar-refractivity contribution in [1.82, 2.24) is 15.3 Å². The molecule has 0 fully saturated rings. The fraction of sp³-hybridized carbons (Fsp3) is 0.167. The van der Waals surface area contributed by atoms with Gasteiger partial charge in [-0.15, -0.1) is 0 Å². The van der Waals surface area contributed by atoms with E-state index in [2.05, 4.69) is 32.4 Å². The number of aromatic amines is 1. The molecule has 2 aromatic heterocycles. The summed E-state index contributed by atoms with van der Waals surface area (Å²) in [5.41, 5.74) is 11.6. The second-order valence-corrected chi connectivity index (χ2v) is 15.5. The van der Waals surface area contributed by atoms with Gasteiger partial charge < -0.3 is 41.2 Å². The summed E-state index contributed by atoms with van der Waals surface area (Å²) in [6.07, 6.45) is 2.08. The van der Waals surface area contributed by atoms with Gasteiger partial charge in [0.2, 0.25) is 5.56 Å². The molecule has 5 aromatic carbocycles. The van der Waals surface area contributed by atoms with Gasteiger partial charge in [0.05, 0.1) is 35.5 Å². The molecular weight excluding hydrogens is 789 g/mol. The van der Waals surface area contributed by atoms with E-state index in [0.717, 1.165) is 49.6 Å². The summed E-state index contributed by atoms with van der Waals surface area (Å²) in [5, 5.41) is 28.8. The monoisotopic (exact) mass is 832 g/mol. The molecule has 61 heavy (non-hydrogen) atoms. The van der Waals surface area contributed by atoms with E-state index < -0.39 is 12.0 Å². The summed E-state index contributed by atoms with van der Waals surface area (Å²) in [7, 11) is 3.33. The van der Waals surface area contributed by atoms with Gasteiger partial charge in [-0.2, -0.15) is 0 Å². The van der Waals surface area contributed by atoms with Crippen molar-refractivity contribution in [2.24, 2.45) is 5.73 Å². The Balaban J connectivity index is 0.956. The molecule has 7 rings (SSSR count). The molecule has 0 saturated heterocycles. The van der Waals surface area contributed by atoms with Crippen LogP contribution < -0.4 is 31.6 Å². The van der Waals surface area contributed by atoms with Crippen LogP contribution in [0.5, 0.6) is 11.5 Å². The Hall–Kier alpha value is -7.11.